The lowest BCUT2D eigenvalue weighted by molar-refractivity contribution is 0.322. The van der Waals surface area contributed by atoms with Crippen LogP contribution in [-0.2, 0) is 6.42 Å². The highest BCUT2D eigenvalue weighted by Crippen LogP contribution is 2.45. The smallest absolute Gasteiger partial charge is 0.276 e. The summed E-state index contributed by atoms with van der Waals surface area (Å²) in [6.45, 7) is 0. The van der Waals surface area contributed by atoms with E-state index >= 15 is 0 Å². The number of halogens is 1. The second-order valence-corrected chi connectivity index (χ2v) is 6.08. The summed E-state index contributed by atoms with van der Waals surface area (Å²) < 4.78 is 16.9. The maximum Gasteiger partial charge on any atom is 0.276 e. The first kappa shape index (κ1) is 17.2. The van der Waals surface area contributed by atoms with Gasteiger partial charge in [-0.2, -0.15) is 0 Å². The molecule has 0 fully saturated rings. The Bertz CT molecular complexity index is 996. The molecule has 4 N–H and O–H groups in total. The van der Waals surface area contributed by atoms with Crippen molar-refractivity contribution >= 4 is 32.9 Å². The molecule has 2 heterocycles. The van der Waals surface area contributed by atoms with Crippen molar-refractivity contribution in [3.8, 4) is 17.2 Å². The van der Waals surface area contributed by atoms with Crippen LogP contribution < -0.4 is 25.5 Å². The van der Waals surface area contributed by atoms with Crippen LogP contribution in [0.25, 0.3) is 11.0 Å². The molecule has 0 aliphatic heterocycles. The quantitative estimate of drug-likeness (QED) is 0.595. The lowest BCUT2D eigenvalue weighted by atomic mass is 10.1. The molecular weight excluding hydrogens is 392 g/mol. The molecule has 25 heavy (non-hydrogen) atoms. The Balaban J connectivity index is 2.14. The third-order valence-corrected chi connectivity index (χ3v) is 4.73. The number of aromatic amines is 2. The zero-order chi connectivity index (χ0) is 18.1. The molecule has 8 nitrogen and oxygen atoms in total. The topological polar surface area (TPSA) is 115 Å². The molecule has 9 heteroatoms. The molecule has 2 aromatic heterocycles. The minimum absolute atomic E-state index is 0.0716. The van der Waals surface area contributed by atoms with Gasteiger partial charge in [0.25, 0.3) is 5.56 Å². The van der Waals surface area contributed by atoms with Gasteiger partial charge in [0.05, 0.1) is 25.8 Å². The van der Waals surface area contributed by atoms with E-state index < -0.39 is 0 Å². The third kappa shape index (κ3) is 2.91. The van der Waals surface area contributed by atoms with Gasteiger partial charge in [0.2, 0.25) is 11.7 Å². The highest BCUT2D eigenvalue weighted by atomic mass is 79.9. The van der Waals surface area contributed by atoms with Gasteiger partial charge in [-0.05, 0) is 27.6 Å². The largest absolute Gasteiger partial charge is 0.493 e. The number of nitrogen functional groups attached to an aromatic ring is 1. The number of H-pyrrole nitrogens is 2. The average Bonchev–Trinajstić information content (AvgIpc) is 2.99. The first-order valence-electron chi connectivity index (χ1n) is 7.33. The van der Waals surface area contributed by atoms with Crippen molar-refractivity contribution in [2.75, 3.05) is 27.1 Å². The standard InChI is InChI=1S/C16H17BrN4O4/c1-23-9-5-7(10(17)14(25-3)13(9)24-2)4-8-6-19-12-11(8)20-16(18)21-15(12)22/h5-6,19H,4H2,1-3H3,(H3,18,20,21,22). The van der Waals surface area contributed by atoms with Gasteiger partial charge in [0.1, 0.15) is 11.0 Å². The predicted octanol–water partition coefficient (Wildman–Crippen LogP) is 2.21. The molecule has 0 amide bonds. The van der Waals surface area contributed by atoms with Gasteiger partial charge < -0.3 is 24.9 Å². The monoisotopic (exact) mass is 408 g/mol. The first-order chi connectivity index (χ1) is 12.0. The van der Waals surface area contributed by atoms with Crippen molar-refractivity contribution in [1.82, 2.24) is 15.0 Å². The van der Waals surface area contributed by atoms with Crippen LogP contribution in [0.3, 0.4) is 0 Å². The Morgan fingerprint density at radius 3 is 2.52 bits per heavy atom. The first-order valence-corrected chi connectivity index (χ1v) is 8.12. The normalized spacial score (nSPS) is 10.9. The number of nitrogens with two attached hydrogens (primary N) is 1. The molecule has 0 spiro atoms. The molecule has 0 aliphatic rings. The van der Waals surface area contributed by atoms with E-state index in [0.29, 0.717) is 34.7 Å². The number of benzene rings is 1. The molecule has 3 rings (SSSR count). The summed E-state index contributed by atoms with van der Waals surface area (Å²) in [4.78, 5) is 21.6. The molecule has 0 aliphatic carbocycles. The number of ether oxygens (including phenoxy) is 3. The van der Waals surface area contributed by atoms with E-state index in [1.54, 1.807) is 27.5 Å². The minimum atomic E-state index is -0.308. The van der Waals surface area contributed by atoms with E-state index in [2.05, 4.69) is 30.9 Å². The Morgan fingerprint density at radius 2 is 1.88 bits per heavy atom. The fourth-order valence-corrected chi connectivity index (χ4v) is 3.32. The Hall–Kier alpha value is -2.68. The van der Waals surface area contributed by atoms with Crippen LogP contribution >= 0.6 is 15.9 Å². The van der Waals surface area contributed by atoms with Gasteiger partial charge in [-0.3, -0.25) is 9.78 Å². The highest BCUT2D eigenvalue weighted by molar-refractivity contribution is 9.10. The molecule has 0 saturated heterocycles. The van der Waals surface area contributed by atoms with Crippen molar-refractivity contribution in [1.29, 1.82) is 0 Å². The molecule has 1 aromatic carbocycles. The van der Waals surface area contributed by atoms with Crippen molar-refractivity contribution in [2.24, 2.45) is 0 Å². The zero-order valence-electron chi connectivity index (χ0n) is 13.9. The average molecular weight is 409 g/mol. The molecule has 0 unspecified atom stereocenters. The highest BCUT2D eigenvalue weighted by Gasteiger charge is 2.20. The Kier molecular flexibility index (Phi) is 4.58. The van der Waals surface area contributed by atoms with Crippen molar-refractivity contribution in [3.63, 3.8) is 0 Å². The molecule has 0 bridgehead atoms. The molecule has 0 radical (unpaired) electrons. The van der Waals surface area contributed by atoms with Gasteiger partial charge in [0, 0.05) is 18.2 Å². The van der Waals surface area contributed by atoms with E-state index in [9.17, 15) is 4.79 Å². The van der Waals surface area contributed by atoms with E-state index in [4.69, 9.17) is 19.9 Å². The van der Waals surface area contributed by atoms with Crippen LogP contribution in [0.5, 0.6) is 17.2 Å². The molecular formula is C16H17BrN4O4. The summed E-state index contributed by atoms with van der Waals surface area (Å²) in [5, 5.41) is 0. The van der Waals surface area contributed by atoms with E-state index in [0.717, 1.165) is 15.6 Å². The predicted molar refractivity (Wildman–Crippen MR) is 97.7 cm³/mol. The van der Waals surface area contributed by atoms with E-state index in [1.165, 1.54) is 0 Å². The maximum atomic E-state index is 11.9. The van der Waals surface area contributed by atoms with Gasteiger partial charge >= 0.3 is 0 Å². The van der Waals surface area contributed by atoms with Gasteiger partial charge in [-0.1, -0.05) is 0 Å². The molecule has 0 saturated carbocycles. The van der Waals surface area contributed by atoms with E-state index in [1.807, 2.05) is 6.07 Å². The number of fused-ring (bicyclic) bond motifs is 1. The summed E-state index contributed by atoms with van der Waals surface area (Å²) in [7, 11) is 4.66. The lowest BCUT2D eigenvalue weighted by Gasteiger charge is -2.16. The van der Waals surface area contributed by atoms with Crippen LogP contribution in [0.2, 0.25) is 0 Å². The van der Waals surface area contributed by atoms with E-state index in [-0.39, 0.29) is 11.5 Å². The number of methoxy groups -OCH3 is 3. The van der Waals surface area contributed by atoms with Crippen molar-refractivity contribution in [2.45, 2.75) is 6.42 Å². The van der Waals surface area contributed by atoms with Gasteiger partial charge in [-0.15, -0.1) is 0 Å². The van der Waals surface area contributed by atoms with Gasteiger partial charge in [0.15, 0.2) is 11.5 Å². The second-order valence-electron chi connectivity index (χ2n) is 5.28. The van der Waals surface area contributed by atoms with Crippen LogP contribution in [-0.4, -0.2) is 36.3 Å². The van der Waals surface area contributed by atoms with Crippen molar-refractivity contribution in [3.05, 3.63) is 38.2 Å². The molecule has 132 valence electrons. The van der Waals surface area contributed by atoms with Crippen LogP contribution in [0.15, 0.2) is 21.5 Å². The van der Waals surface area contributed by atoms with Crippen molar-refractivity contribution < 1.29 is 14.2 Å². The summed E-state index contributed by atoms with van der Waals surface area (Å²) in [5.74, 6) is 1.64. The van der Waals surface area contributed by atoms with Crippen LogP contribution in [0.4, 0.5) is 5.95 Å². The van der Waals surface area contributed by atoms with Crippen LogP contribution in [0.1, 0.15) is 11.1 Å². The fraction of sp³-hybridized carbons (Fsp3) is 0.250. The second kappa shape index (κ2) is 6.67. The Labute approximate surface area is 151 Å². The number of nitrogens with zero attached hydrogens (tertiary/aromatic N) is 1. The summed E-state index contributed by atoms with van der Waals surface area (Å²) in [6.07, 6.45) is 2.22. The summed E-state index contributed by atoms with van der Waals surface area (Å²) in [5.41, 5.74) is 7.97. The Morgan fingerprint density at radius 1 is 1.16 bits per heavy atom. The fourth-order valence-electron chi connectivity index (χ4n) is 2.72. The number of hydrogen-bond acceptors (Lipinski definition) is 6. The summed E-state index contributed by atoms with van der Waals surface area (Å²) >= 11 is 3.55. The number of hydrogen-bond donors (Lipinski definition) is 3. The molecule has 3 aromatic rings. The minimum Gasteiger partial charge on any atom is -0.493 e. The number of anilines is 1. The summed E-state index contributed by atoms with van der Waals surface area (Å²) in [6, 6.07) is 1.85. The SMILES string of the molecule is COc1cc(Cc2c[nH]c3c(=O)[nH]c(N)nc23)c(Br)c(OC)c1OC. The van der Waals surface area contributed by atoms with Gasteiger partial charge in [-0.25, -0.2) is 4.98 Å². The number of rotatable bonds is 5. The van der Waals surface area contributed by atoms with Crippen LogP contribution in [0, 0.1) is 0 Å². The zero-order valence-corrected chi connectivity index (χ0v) is 15.5. The molecule has 0 atom stereocenters. The number of aromatic nitrogens is 3. The third-order valence-electron chi connectivity index (χ3n) is 3.86. The lowest BCUT2D eigenvalue weighted by Crippen LogP contribution is -2.11. The maximum absolute atomic E-state index is 11.9. The number of nitrogens with one attached hydrogen (secondary N) is 2.